The lowest BCUT2D eigenvalue weighted by atomic mass is 10.2. The molecule has 2 rings (SSSR count). The van der Waals surface area contributed by atoms with E-state index >= 15 is 0 Å². The van der Waals surface area contributed by atoms with Gasteiger partial charge in [-0.25, -0.2) is 14.5 Å². The van der Waals surface area contributed by atoms with Gasteiger partial charge in [-0.3, -0.25) is 0 Å². The second kappa shape index (κ2) is 6.57. The molecular weight excluding hydrogens is 383 g/mol. The first-order valence-electron chi connectivity index (χ1n) is 6.32. The van der Waals surface area contributed by atoms with Crippen molar-refractivity contribution in [3.63, 3.8) is 0 Å². The number of carbonyl (C=O) groups excluding carboxylic acids is 1. The molecule has 0 N–H and O–H groups in total. The lowest BCUT2D eigenvalue weighted by Crippen LogP contribution is -2.19. The van der Waals surface area contributed by atoms with Gasteiger partial charge in [0, 0.05) is 6.20 Å². The van der Waals surface area contributed by atoms with E-state index in [9.17, 15) is 18.0 Å². The van der Waals surface area contributed by atoms with Gasteiger partial charge in [0.15, 0.2) is 5.69 Å². The van der Waals surface area contributed by atoms with Crippen LogP contribution in [0.5, 0.6) is 5.88 Å². The summed E-state index contributed by atoms with van der Waals surface area (Å²) in [5.74, 6) is -1.01. The lowest BCUT2D eigenvalue weighted by molar-refractivity contribution is -0.143. The normalized spacial score (nSPS) is 11.4. The predicted octanol–water partition coefficient (Wildman–Crippen LogP) is 3.23. The van der Waals surface area contributed by atoms with Crippen molar-refractivity contribution in [3.05, 3.63) is 34.2 Å². The Morgan fingerprint density at radius 3 is 2.70 bits per heavy atom. The summed E-state index contributed by atoms with van der Waals surface area (Å²) in [5.41, 5.74) is -1.87. The van der Waals surface area contributed by atoms with E-state index in [1.165, 1.54) is 26.3 Å². The number of aromatic nitrogens is 3. The topological polar surface area (TPSA) is 66.2 Å². The zero-order valence-electron chi connectivity index (χ0n) is 12.0. The van der Waals surface area contributed by atoms with Gasteiger partial charge in [-0.2, -0.15) is 18.3 Å². The molecule has 23 heavy (non-hydrogen) atoms. The molecule has 0 amide bonds. The average Bonchev–Trinajstić information content (AvgIpc) is 2.92. The summed E-state index contributed by atoms with van der Waals surface area (Å²) >= 11 is 3.12. The Morgan fingerprint density at radius 2 is 2.13 bits per heavy atom. The molecule has 2 aromatic rings. The summed E-state index contributed by atoms with van der Waals surface area (Å²) in [6, 6.07) is 1.31. The number of methoxy groups -OCH3 is 1. The molecule has 6 nitrogen and oxygen atoms in total. The number of halogens is 4. The van der Waals surface area contributed by atoms with Gasteiger partial charge < -0.3 is 9.47 Å². The van der Waals surface area contributed by atoms with Crippen LogP contribution in [0.15, 0.2) is 22.9 Å². The number of carbonyl (C=O) groups is 1. The molecule has 0 aliphatic heterocycles. The third kappa shape index (κ3) is 3.31. The summed E-state index contributed by atoms with van der Waals surface area (Å²) in [7, 11) is 1.33. The maximum atomic E-state index is 13.4. The Morgan fingerprint density at radius 1 is 1.43 bits per heavy atom. The Bertz CT molecular complexity index is 731. The van der Waals surface area contributed by atoms with E-state index in [1.807, 2.05) is 0 Å². The van der Waals surface area contributed by atoms with Crippen LogP contribution in [0, 0.1) is 0 Å². The predicted molar refractivity (Wildman–Crippen MR) is 76.6 cm³/mol. The summed E-state index contributed by atoms with van der Waals surface area (Å²) in [6.07, 6.45) is -2.72. The van der Waals surface area contributed by atoms with E-state index in [4.69, 9.17) is 4.74 Å². The van der Waals surface area contributed by atoms with Gasteiger partial charge in [-0.15, -0.1) is 0 Å². The van der Waals surface area contributed by atoms with E-state index in [-0.39, 0.29) is 22.6 Å². The van der Waals surface area contributed by atoms with Crippen molar-refractivity contribution < 1.29 is 27.4 Å². The number of pyridine rings is 1. The van der Waals surface area contributed by atoms with Gasteiger partial charge >= 0.3 is 12.1 Å². The molecule has 0 fully saturated rings. The molecule has 0 aliphatic carbocycles. The molecule has 0 saturated heterocycles. The smallest absolute Gasteiger partial charge is 0.434 e. The summed E-state index contributed by atoms with van der Waals surface area (Å²) in [5, 5.41) is 3.67. The maximum absolute atomic E-state index is 13.4. The summed E-state index contributed by atoms with van der Waals surface area (Å²) < 4.78 is 50.6. The minimum absolute atomic E-state index is 0.0275. The minimum Gasteiger partial charge on any atom is -0.480 e. The van der Waals surface area contributed by atoms with Crippen molar-refractivity contribution in [2.45, 2.75) is 13.1 Å². The van der Waals surface area contributed by atoms with E-state index in [1.54, 1.807) is 0 Å². The van der Waals surface area contributed by atoms with Crippen LogP contribution in [0.25, 0.3) is 5.69 Å². The van der Waals surface area contributed by atoms with E-state index in [2.05, 4.69) is 30.7 Å². The quantitative estimate of drug-likeness (QED) is 0.746. The standard InChI is InChI=1S/C13H11BrF3N3O3/c1-3-23-12(21)7-6-19-20(10(7)13(15,16)17)8-4-5-18-11(22-2)9(8)14/h4-6H,3H2,1-2H3. The molecule has 0 bridgehead atoms. The maximum Gasteiger partial charge on any atom is 0.434 e. The van der Waals surface area contributed by atoms with Gasteiger partial charge in [0.2, 0.25) is 5.88 Å². The highest BCUT2D eigenvalue weighted by atomic mass is 79.9. The van der Waals surface area contributed by atoms with Gasteiger partial charge in [0.1, 0.15) is 10.0 Å². The van der Waals surface area contributed by atoms with Crippen molar-refractivity contribution in [2.75, 3.05) is 13.7 Å². The second-order valence-electron chi connectivity index (χ2n) is 4.19. The third-order valence-electron chi connectivity index (χ3n) is 2.79. The molecule has 10 heteroatoms. The highest BCUT2D eigenvalue weighted by molar-refractivity contribution is 9.10. The zero-order chi connectivity index (χ0) is 17.2. The van der Waals surface area contributed by atoms with E-state index < -0.39 is 23.4 Å². The Labute approximate surface area is 137 Å². The first-order chi connectivity index (χ1) is 10.8. The van der Waals surface area contributed by atoms with Crippen molar-refractivity contribution in [1.82, 2.24) is 14.8 Å². The van der Waals surface area contributed by atoms with Gasteiger partial charge in [0.05, 0.1) is 25.6 Å². The van der Waals surface area contributed by atoms with Crippen molar-refractivity contribution in [2.24, 2.45) is 0 Å². The molecule has 0 aromatic carbocycles. The second-order valence-corrected chi connectivity index (χ2v) is 4.98. The largest absolute Gasteiger partial charge is 0.480 e. The van der Waals surface area contributed by atoms with Crippen LogP contribution in [0.2, 0.25) is 0 Å². The van der Waals surface area contributed by atoms with Crippen molar-refractivity contribution >= 4 is 21.9 Å². The molecule has 2 aromatic heterocycles. The lowest BCUT2D eigenvalue weighted by Gasteiger charge is -2.14. The molecule has 0 radical (unpaired) electrons. The average molecular weight is 394 g/mol. The highest BCUT2D eigenvalue weighted by Crippen LogP contribution is 2.37. The first-order valence-corrected chi connectivity index (χ1v) is 7.11. The Hall–Kier alpha value is -2.10. The van der Waals surface area contributed by atoms with Crippen LogP contribution in [-0.2, 0) is 10.9 Å². The number of esters is 1. The zero-order valence-corrected chi connectivity index (χ0v) is 13.6. The Balaban J connectivity index is 2.67. The third-order valence-corrected chi connectivity index (χ3v) is 3.54. The van der Waals surface area contributed by atoms with E-state index in [0.29, 0.717) is 4.68 Å². The fourth-order valence-corrected chi connectivity index (χ4v) is 2.45. The molecule has 0 unspecified atom stereocenters. The van der Waals surface area contributed by atoms with Crippen LogP contribution in [0.4, 0.5) is 13.2 Å². The van der Waals surface area contributed by atoms with Crippen molar-refractivity contribution in [1.29, 1.82) is 0 Å². The summed E-state index contributed by atoms with van der Waals surface area (Å²) in [4.78, 5) is 15.6. The molecule has 0 aliphatic rings. The van der Waals surface area contributed by atoms with Gasteiger partial charge in [-0.05, 0) is 28.9 Å². The fraction of sp³-hybridized carbons (Fsp3) is 0.308. The molecule has 124 valence electrons. The molecule has 0 spiro atoms. The van der Waals surface area contributed by atoms with Crippen LogP contribution >= 0.6 is 15.9 Å². The van der Waals surface area contributed by atoms with Gasteiger partial charge in [-0.1, -0.05) is 0 Å². The number of rotatable bonds is 4. The molecule has 2 heterocycles. The number of nitrogens with zero attached hydrogens (tertiary/aromatic N) is 3. The van der Waals surface area contributed by atoms with Crippen LogP contribution < -0.4 is 4.74 Å². The van der Waals surface area contributed by atoms with Crippen LogP contribution in [0.3, 0.4) is 0 Å². The number of hydrogen-bond donors (Lipinski definition) is 0. The fourth-order valence-electron chi connectivity index (χ4n) is 1.88. The molecule has 0 saturated carbocycles. The highest BCUT2D eigenvalue weighted by Gasteiger charge is 2.41. The van der Waals surface area contributed by atoms with Crippen LogP contribution in [0.1, 0.15) is 23.0 Å². The Kier molecular flexibility index (Phi) is 4.93. The molecular formula is C13H11BrF3N3O3. The minimum atomic E-state index is -4.81. The SMILES string of the molecule is CCOC(=O)c1cnn(-c2ccnc(OC)c2Br)c1C(F)(F)F. The summed E-state index contributed by atoms with van der Waals surface area (Å²) in [6.45, 7) is 1.45. The first kappa shape index (κ1) is 17.3. The van der Waals surface area contributed by atoms with Gasteiger partial charge in [0.25, 0.3) is 0 Å². The van der Waals surface area contributed by atoms with Crippen LogP contribution in [-0.4, -0.2) is 34.5 Å². The van der Waals surface area contributed by atoms with Crippen molar-refractivity contribution in [3.8, 4) is 11.6 Å². The van der Waals surface area contributed by atoms with E-state index in [0.717, 1.165) is 6.20 Å². The number of alkyl halides is 3. The molecule has 0 atom stereocenters. The number of ether oxygens (including phenoxy) is 2. The monoisotopic (exact) mass is 393 g/mol. The number of hydrogen-bond acceptors (Lipinski definition) is 5.